The number of aliphatic hydroxyl groups excluding tert-OH is 1. The monoisotopic (exact) mass is 484 g/mol. The molecule has 0 saturated heterocycles. The first-order valence-corrected chi connectivity index (χ1v) is 12.4. The van der Waals surface area contributed by atoms with Crippen molar-refractivity contribution in [3.63, 3.8) is 0 Å². The van der Waals surface area contributed by atoms with Crippen LogP contribution in [0.2, 0.25) is 0 Å². The third kappa shape index (κ3) is 6.09. The maximum Gasteiger partial charge on any atom is 0.313 e. The van der Waals surface area contributed by atoms with Crippen LogP contribution in [-0.2, 0) is 27.3 Å². The van der Waals surface area contributed by atoms with E-state index >= 15 is 0 Å². The highest BCUT2D eigenvalue weighted by molar-refractivity contribution is 5.91. The summed E-state index contributed by atoms with van der Waals surface area (Å²) in [4.78, 5) is 30.8. The predicted octanol–water partition coefficient (Wildman–Crippen LogP) is 5.03. The minimum atomic E-state index is -0.447. The van der Waals surface area contributed by atoms with Crippen LogP contribution in [-0.4, -0.2) is 53.1 Å². The summed E-state index contributed by atoms with van der Waals surface area (Å²) in [5.74, 6) is -0.512. The molecular weight excluding hydrogens is 444 g/mol. The maximum absolute atomic E-state index is 12.3. The molecule has 1 aromatic heterocycles. The Morgan fingerprint density at radius 2 is 1.83 bits per heavy atom. The number of carbonyl (C=O) groups excluding carboxylic acids is 2. The molecule has 1 atom stereocenters. The van der Waals surface area contributed by atoms with Gasteiger partial charge in [0.05, 0.1) is 22.8 Å². The number of aryl methyl sites for hydroxylation is 1. The van der Waals surface area contributed by atoms with Crippen molar-refractivity contribution in [2.45, 2.75) is 60.9 Å². The fourth-order valence-electron chi connectivity index (χ4n) is 4.34. The number of pyridine rings is 1. The summed E-state index contributed by atoms with van der Waals surface area (Å²) < 4.78 is 5.17. The summed E-state index contributed by atoms with van der Waals surface area (Å²) in [5.41, 5.74) is 6.10. The van der Waals surface area contributed by atoms with Crippen LogP contribution in [0.4, 0.5) is 0 Å². The van der Waals surface area contributed by atoms with Crippen molar-refractivity contribution in [3.05, 3.63) is 52.2 Å². The summed E-state index contributed by atoms with van der Waals surface area (Å²) >= 11 is 0. The van der Waals surface area contributed by atoms with Gasteiger partial charge in [-0.3, -0.25) is 9.59 Å². The van der Waals surface area contributed by atoms with Gasteiger partial charge in [-0.1, -0.05) is 41.5 Å². The number of ether oxygens (including phenoxy) is 1. The van der Waals surface area contributed by atoms with E-state index in [0.29, 0.717) is 18.5 Å². The summed E-state index contributed by atoms with van der Waals surface area (Å²) in [6, 6.07) is 5.23. The molecule has 192 valence electrons. The zero-order valence-electron chi connectivity index (χ0n) is 22.3. The van der Waals surface area contributed by atoms with Crippen molar-refractivity contribution < 1.29 is 24.5 Å². The second-order valence-corrected chi connectivity index (χ2v) is 7.53. The number of rotatable bonds is 4. The minimum absolute atomic E-state index is 0.0130. The second kappa shape index (κ2) is 14.3. The van der Waals surface area contributed by atoms with Crippen molar-refractivity contribution in [1.82, 2.24) is 9.88 Å². The van der Waals surface area contributed by atoms with E-state index in [2.05, 4.69) is 11.8 Å². The Morgan fingerprint density at radius 1 is 1.17 bits per heavy atom. The molecule has 0 amide bonds. The highest BCUT2D eigenvalue weighted by atomic mass is 16.5. The Morgan fingerprint density at radius 3 is 2.40 bits per heavy atom. The van der Waals surface area contributed by atoms with Gasteiger partial charge in [0.1, 0.15) is 18.6 Å². The number of aliphatic hydroxyl groups is 1. The molecular formula is C28H40N2O5. The fourth-order valence-corrected chi connectivity index (χ4v) is 4.34. The maximum atomic E-state index is 12.3. The van der Waals surface area contributed by atoms with E-state index in [4.69, 9.17) is 14.8 Å². The van der Waals surface area contributed by atoms with E-state index < -0.39 is 5.92 Å². The molecule has 7 heteroatoms. The quantitative estimate of drug-likeness (QED) is 0.464. The minimum Gasteiger partial charge on any atom is -0.508 e. The Hall–Kier alpha value is -3.19. The number of esters is 1. The number of fused-ring (bicyclic) bond motifs is 2. The van der Waals surface area contributed by atoms with Gasteiger partial charge in [-0.05, 0) is 48.3 Å². The Labute approximate surface area is 209 Å². The van der Waals surface area contributed by atoms with Gasteiger partial charge in [0.15, 0.2) is 0 Å². The molecule has 0 spiro atoms. The van der Waals surface area contributed by atoms with Crippen molar-refractivity contribution in [1.29, 1.82) is 0 Å². The first-order valence-electron chi connectivity index (χ1n) is 12.4. The highest BCUT2D eigenvalue weighted by Gasteiger charge is 2.32. The van der Waals surface area contributed by atoms with E-state index in [1.165, 1.54) is 0 Å². The zero-order chi connectivity index (χ0) is 26.7. The van der Waals surface area contributed by atoms with Gasteiger partial charge in [-0.15, -0.1) is 0 Å². The van der Waals surface area contributed by atoms with Gasteiger partial charge < -0.3 is 19.8 Å². The molecule has 7 nitrogen and oxygen atoms in total. The first-order chi connectivity index (χ1) is 17.0. The van der Waals surface area contributed by atoms with E-state index in [-0.39, 0.29) is 18.3 Å². The van der Waals surface area contributed by atoms with Gasteiger partial charge in [0.2, 0.25) is 0 Å². The molecule has 3 heterocycles. The van der Waals surface area contributed by atoms with Crippen LogP contribution >= 0.6 is 0 Å². The summed E-state index contributed by atoms with van der Waals surface area (Å²) in [6.45, 7) is 12.7. The molecule has 0 radical (unpaired) electrons. The van der Waals surface area contributed by atoms with Crippen LogP contribution in [0.1, 0.15) is 64.8 Å². The van der Waals surface area contributed by atoms with E-state index in [9.17, 15) is 14.7 Å². The number of hydrogen-bond donors (Lipinski definition) is 2. The van der Waals surface area contributed by atoms with Crippen LogP contribution < -0.4 is 0 Å². The molecule has 2 aliphatic rings. The molecule has 35 heavy (non-hydrogen) atoms. The Bertz CT molecular complexity index is 1090. The molecule has 0 aliphatic carbocycles. The first kappa shape index (κ1) is 29.8. The van der Waals surface area contributed by atoms with Crippen molar-refractivity contribution in [2.75, 3.05) is 20.8 Å². The molecule has 4 rings (SSSR count). The van der Waals surface area contributed by atoms with Gasteiger partial charge in [0.25, 0.3) is 0 Å². The van der Waals surface area contributed by atoms with Crippen LogP contribution in [0.15, 0.2) is 35.4 Å². The molecule has 2 N–H and O–H groups in total. The summed E-state index contributed by atoms with van der Waals surface area (Å²) in [5, 5.41) is 17.9. The molecule has 2 aromatic rings. The highest BCUT2D eigenvalue weighted by Crippen LogP contribution is 2.39. The number of cyclic esters (lactones) is 1. The second-order valence-electron chi connectivity index (χ2n) is 7.53. The number of hydrogen-bond acceptors (Lipinski definition) is 7. The molecule has 0 fully saturated rings. The topological polar surface area (TPSA) is 100.0 Å². The van der Waals surface area contributed by atoms with E-state index in [1.807, 2.05) is 53.8 Å². The lowest BCUT2D eigenvalue weighted by Crippen LogP contribution is -2.27. The standard InChI is InChI=1S/C23H24N2O4.2C2H6.CH4O/c1-4-15-18-8-14(27)6-7-20(18)24-22-19(15)10-25(3)21(22)9-17-13(11-26)12-29-23(28)16(17)5-2;3*1-2/h6-9,11,16,27H,4-5,10,12H2,1-3H3;2*1-2H3;2H,1H3/b21-9-;;;. The molecule has 0 bridgehead atoms. The number of phenols is 1. The number of aromatic hydroxyl groups is 1. The van der Waals surface area contributed by atoms with Crippen LogP contribution in [0.5, 0.6) is 5.75 Å². The smallest absolute Gasteiger partial charge is 0.313 e. The lowest BCUT2D eigenvalue weighted by molar-refractivity contribution is -0.147. The average molecular weight is 485 g/mol. The zero-order valence-corrected chi connectivity index (χ0v) is 22.3. The lowest BCUT2D eigenvalue weighted by Gasteiger charge is -2.24. The average Bonchev–Trinajstić information content (AvgIpc) is 3.21. The van der Waals surface area contributed by atoms with Crippen molar-refractivity contribution >= 4 is 28.9 Å². The number of nitrogens with zero attached hydrogens (tertiary/aromatic N) is 2. The number of aromatic nitrogens is 1. The number of carbonyl (C=O) groups is 2. The molecule has 0 saturated carbocycles. The van der Waals surface area contributed by atoms with Crippen molar-refractivity contribution in [2.24, 2.45) is 5.92 Å². The third-order valence-corrected chi connectivity index (χ3v) is 5.83. The van der Waals surface area contributed by atoms with E-state index in [1.54, 1.807) is 12.1 Å². The van der Waals surface area contributed by atoms with E-state index in [0.717, 1.165) is 58.8 Å². The molecule has 2 aliphatic heterocycles. The van der Waals surface area contributed by atoms with Crippen LogP contribution in [0.3, 0.4) is 0 Å². The number of phenolic OH excluding ortho intramolecular Hbond substituents is 1. The van der Waals surface area contributed by atoms with Crippen LogP contribution in [0, 0.1) is 5.92 Å². The number of aldehydes is 1. The Balaban J connectivity index is 0.000000949. The number of benzene rings is 1. The van der Waals surface area contributed by atoms with Gasteiger partial charge in [-0.25, -0.2) is 4.98 Å². The van der Waals surface area contributed by atoms with Crippen LogP contribution in [0.25, 0.3) is 16.6 Å². The van der Waals surface area contributed by atoms with Gasteiger partial charge in [-0.2, -0.15) is 0 Å². The fraction of sp³-hybridized carbons (Fsp3) is 0.464. The molecule has 1 aromatic carbocycles. The normalized spacial score (nSPS) is 17.4. The lowest BCUT2D eigenvalue weighted by atomic mass is 9.89. The van der Waals surface area contributed by atoms with Gasteiger partial charge in [0, 0.05) is 37.2 Å². The molecule has 1 unspecified atom stereocenters. The third-order valence-electron chi connectivity index (χ3n) is 5.83. The number of allylic oxidation sites excluding steroid dienone is 1. The largest absolute Gasteiger partial charge is 0.508 e. The summed E-state index contributed by atoms with van der Waals surface area (Å²) in [6.07, 6.45) is 4.10. The predicted molar refractivity (Wildman–Crippen MR) is 141 cm³/mol. The van der Waals surface area contributed by atoms with Crippen molar-refractivity contribution in [3.8, 4) is 5.75 Å². The SMILES string of the molecule is CC.CC.CCc1c2c(nc3ccc(O)cc13)/C(=C/C1=C(C=O)COC(=O)C1CC)N(C)C2.CO. The van der Waals surface area contributed by atoms with Gasteiger partial charge >= 0.3 is 5.97 Å². The summed E-state index contributed by atoms with van der Waals surface area (Å²) in [7, 11) is 2.98. The Kier molecular flexibility index (Phi) is 12.2.